The Morgan fingerprint density at radius 3 is 2.44 bits per heavy atom. The molecule has 1 N–H and O–H groups in total. The zero-order chi connectivity index (χ0) is 14.0. The first-order valence-corrected chi connectivity index (χ1v) is 6.04. The van der Waals surface area contributed by atoms with Crippen molar-refractivity contribution >= 4 is 5.97 Å². The normalized spacial score (nSPS) is 12.6. The summed E-state index contributed by atoms with van der Waals surface area (Å²) in [5, 5.41) is 7.48. The third kappa shape index (κ3) is 3.57. The molecule has 0 amide bonds. The maximum atomic E-state index is 11.5. The topological polar surface area (TPSA) is 56.1 Å². The second-order valence-corrected chi connectivity index (χ2v) is 5.93. The van der Waals surface area contributed by atoms with Crippen LogP contribution >= 0.6 is 0 Å². The minimum Gasteiger partial charge on any atom is -0.468 e. The Balaban J connectivity index is 2.65. The molecule has 0 radical (unpaired) electrons. The highest BCUT2D eigenvalue weighted by Crippen LogP contribution is 2.14. The van der Waals surface area contributed by atoms with E-state index in [0.717, 1.165) is 5.56 Å². The minimum absolute atomic E-state index is 0.0316. The van der Waals surface area contributed by atoms with Gasteiger partial charge in [-0.25, -0.2) is 0 Å². The van der Waals surface area contributed by atoms with Gasteiger partial charge in [0.2, 0.25) is 0 Å². The first kappa shape index (κ1) is 14.7. The van der Waals surface area contributed by atoms with Crippen molar-refractivity contribution in [2.75, 3.05) is 7.11 Å². The third-order valence-corrected chi connectivity index (χ3v) is 2.75. The van der Waals surface area contributed by atoms with Crippen LogP contribution in [0.3, 0.4) is 0 Å². The SMILES string of the molecule is COC(=O)C(C)(C)NCc1cnn(C(C)(C)C)c1. The number of hydrogen-bond donors (Lipinski definition) is 1. The van der Waals surface area contributed by atoms with Crippen LogP contribution in [0.25, 0.3) is 0 Å². The van der Waals surface area contributed by atoms with E-state index in [9.17, 15) is 4.79 Å². The molecule has 0 unspecified atom stereocenters. The molecule has 18 heavy (non-hydrogen) atoms. The van der Waals surface area contributed by atoms with Gasteiger partial charge in [-0.05, 0) is 34.6 Å². The van der Waals surface area contributed by atoms with Gasteiger partial charge in [0, 0.05) is 18.3 Å². The molecule has 0 atom stereocenters. The molecule has 0 aliphatic heterocycles. The zero-order valence-electron chi connectivity index (χ0n) is 12.1. The average molecular weight is 253 g/mol. The van der Waals surface area contributed by atoms with Crippen molar-refractivity contribution in [3.8, 4) is 0 Å². The number of ether oxygens (including phenoxy) is 1. The van der Waals surface area contributed by atoms with E-state index in [-0.39, 0.29) is 11.5 Å². The van der Waals surface area contributed by atoms with E-state index in [1.807, 2.05) is 17.1 Å². The lowest BCUT2D eigenvalue weighted by molar-refractivity contribution is -0.147. The smallest absolute Gasteiger partial charge is 0.325 e. The second-order valence-electron chi connectivity index (χ2n) is 5.93. The number of esters is 1. The van der Waals surface area contributed by atoms with Crippen molar-refractivity contribution in [3.05, 3.63) is 18.0 Å². The molecule has 0 aliphatic rings. The van der Waals surface area contributed by atoms with E-state index >= 15 is 0 Å². The van der Waals surface area contributed by atoms with Crippen LogP contribution in [-0.2, 0) is 21.6 Å². The summed E-state index contributed by atoms with van der Waals surface area (Å²) in [5.74, 6) is -0.272. The van der Waals surface area contributed by atoms with Crippen molar-refractivity contribution < 1.29 is 9.53 Å². The number of rotatable bonds is 4. The van der Waals surface area contributed by atoms with Crippen LogP contribution in [0, 0.1) is 0 Å². The molecule has 0 aromatic carbocycles. The largest absolute Gasteiger partial charge is 0.468 e. The summed E-state index contributed by atoms with van der Waals surface area (Å²) in [6, 6.07) is 0. The van der Waals surface area contributed by atoms with E-state index in [0.29, 0.717) is 6.54 Å². The van der Waals surface area contributed by atoms with Crippen molar-refractivity contribution in [2.45, 2.75) is 52.2 Å². The third-order valence-electron chi connectivity index (χ3n) is 2.75. The quantitative estimate of drug-likeness (QED) is 0.829. The van der Waals surface area contributed by atoms with Gasteiger partial charge in [-0.2, -0.15) is 5.10 Å². The molecule has 1 rings (SSSR count). The predicted octanol–water partition coefficient (Wildman–Crippen LogP) is 1.68. The molecule has 1 aromatic heterocycles. The standard InChI is InChI=1S/C13H23N3O2/c1-12(2,3)16-9-10(8-15-16)7-14-13(4,5)11(17)18-6/h8-9,14H,7H2,1-6H3. The Bertz CT molecular complexity index is 416. The molecular weight excluding hydrogens is 230 g/mol. The molecule has 1 aromatic rings. The van der Waals surface area contributed by atoms with Crippen molar-refractivity contribution in [2.24, 2.45) is 0 Å². The van der Waals surface area contributed by atoms with E-state index in [1.54, 1.807) is 13.8 Å². The summed E-state index contributed by atoms with van der Waals surface area (Å²) in [6.45, 7) is 10.5. The van der Waals surface area contributed by atoms with Gasteiger partial charge in [-0.3, -0.25) is 14.8 Å². The van der Waals surface area contributed by atoms with Gasteiger partial charge in [0.25, 0.3) is 0 Å². The molecule has 5 heteroatoms. The Morgan fingerprint density at radius 2 is 2.00 bits per heavy atom. The fourth-order valence-corrected chi connectivity index (χ4v) is 1.47. The lowest BCUT2D eigenvalue weighted by Gasteiger charge is -2.22. The van der Waals surface area contributed by atoms with Crippen LogP contribution in [0.5, 0.6) is 0 Å². The van der Waals surface area contributed by atoms with Crippen LogP contribution < -0.4 is 5.32 Å². The van der Waals surface area contributed by atoms with E-state index < -0.39 is 5.54 Å². The van der Waals surface area contributed by atoms with Crippen molar-refractivity contribution in [3.63, 3.8) is 0 Å². The van der Waals surface area contributed by atoms with Crippen LogP contribution in [0.4, 0.5) is 0 Å². The number of hydrogen-bond acceptors (Lipinski definition) is 4. The Labute approximate surface area is 109 Å². The van der Waals surface area contributed by atoms with Gasteiger partial charge in [-0.1, -0.05) is 0 Å². The summed E-state index contributed by atoms with van der Waals surface area (Å²) in [7, 11) is 1.39. The maximum absolute atomic E-state index is 11.5. The lowest BCUT2D eigenvalue weighted by atomic mass is 10.1. The van der Waals surface area contributed by atoms with Crippen molar-refractivity contribution in [1.82, 2.24) is 15.1 Å². The molecule has 0 spiro atoms. The molecule has 0 saturated heterocycles. The summed E-state index contributed by atoms with van der Waals surface area (Å²) in [4.78, 5) is 11.5. The van der Waals surface area contributed by atoms with Gasteiger partial charge in [-0.15, -0.1) is 0 Å². The van der Waals surface area contributed by atoms with Crippen LogP contribution in [0.2, 0.25) is 0 Å². The molecule has 1 heterocycles. The highest BCUT2D eigenvalue weighted by molar-refractivity contribution is 5.79. The molecule has 0 bridgehead atoms. The first-order chi connectivity index (χ1) is 8.16. The van der Waals surface area contributed by atoms with Crippen molar-refractivity contribution in [1.29, 1.82) is 0 Å². The van der Waals surface area contributed by atoms with E-state index in [2.05, 4.69) is 31.2 Å². The maximum Gasteiger partial charge on any atom is 0.325 e. The molecule has 5 nitrogen and oxygen atoms in total. The molecule has 0 saturated carbocycles. The van der Waals surface area contributed by atoms with Gasteiger partial charge in [0.05, 0.1) is 18.8 Å². The number of methoxy groups -OCH3 is 1. The Kier molecular flexibility index (Phi) is 4.16. The fourth-order valence-electron chi connectivity index (χ4n) is 1.47. The molecule has 0 aliphatic carbocycles. The molecule has 0 fully saturated rings. The Morgan fingerprint density at radius 1 is 1.39 bits per heavy atom. The van der Waals surface area contributed by atoms with E-state index in [4.69, 9.17) is 4.74 Å². The van der Waals surface area contributed by atoms with Gasteiger partial charge >= 0.3 is 5.97 Å². The monoisotopic (exact) mass is 253 g/mol. The fraction of sp³-hybridized carbons (Fsp3) is 0.692. The number of carbonyl (C=O) groups is 1. The Hall–Kier alpha value is -1.36. The zero-order valence-corrected chi connectivity index (χ0v) is 12.1. The van der Waals surface area contributed by atoms with Gasteiger partial charge < -0.3 is 4.74 Å². The number of nitrogens with zero attached hydrogens (tertiary/aromatic N) is 2. The van der Waals surface area contributed by atoms with Crippen LogP contribution in [-0.4, -0.2) is 28.4 Å². The highest BCUT2D eigenvalue weighted by Gasteiger charge is 2.27. The van der Waals surface area contributed by atoms with Crippen LogP contribution in [0.15, 0.2) is 12.4 Å². The average Bonchev–Trinajstić information content (AvgIpc) is 2.73. The van der Waals surface area contributed by atoms with Crippen LogP contribution in [0.1, 0.15) is 40.2 Å². The minimum atomic E-state index is -0.696. The second kappa shape index (κ2) is 5.10. The summed E-state index contributed by atoms with van der Waals surface area (Å²) in [5.41, 5.74) is 0.316. The first-order valence-electron chi connectivity index (χ1n) is 6.04. The summed E-state index contributed by atoms with van der Waals surface area (Å²) < 4.78 is 6.65. The number of nitrogens with one attached hydrogen (secondary N) is 1. The molecule has 102 valence electrons. The molecular formula is C13H23N3O2. The summed E-state index contributed by atoms with van der Waals surface area (Å²) in [6.07, 6.45) is 3.80. The van der Waals surface area contributed by atoms with E-state index in [1.165, 1.54) is 7.11 Å². The predicted molar refractivity (Wildman–Crippen MR) is 70.2 cm³/mol. The lowest BCUT2D eigenvalue weighted by Crippen LogP contribution is -2.46. The van der Waals surface area contributed by atoms with Gasteiger partial charge in [0.1, 0.15) is 5.54 Å². The van der Waals surface area contributed by atoms with Gasteiger partial charge in [0.15, 0.2) is 0 Å². The highest BCUT2D eigenvalue weighted by atomic mass is 16.5. The number of aromatic nitrogens is 2. The summed E-state index contributed by atoms with van der Waals surface area (Å²) >= 11 is 0. The number of carbonyl (C=O) groups excluding carboxylic acids is 1.